The number of rotatable bonds is 5. The molecule has 23 heavy (non-hydrogen) atoms. The molecule has 1 unspecified atom stereocenters. The Morgan fingerprint density at radius 1 is 1.52 bits per heavy atom. The summed E-state index contributed by atoms with van der Waals surface area (Å²) in [7, 11) is 0. The Hall–Kier alpha value is -1.66. The van der Waals surface area contributed by atoms with Crippen LogP contribution in [0.25, 0.3) is 11.1 Å². The third-order valence-electron chi connectivity index (χ3n) is 4.15. The van der Waals surface area contributed by atoms with Crippen LogP contribution >= 0.6 is 12.2 Å². The fraction of sp³-hybridized carbons (Fsp3) is 0.529. The summed E-state index contributed by atoms with van der Waals surface area (Å²) in [6.45, 7) is 6.53. The number of carbonyl (C=O) groups excluding carboxylic acids is 1. The summed E-state index contributed by atoms with van der Waals surface area (Å²) >= 11 is 4.97. The van der Waals surface area contributed by atoms with Gasteiger partial charge in [-0.25, -0.2) is 0 Å². The van der Waals surface area contributed by atoms with Crippen LogP contribution in [0.15, 0.2) is 22.6 Å². The normalized spacial score (nSPS) is 18.2. The Labute approximate surface area is 140 Å². The number of hydrogen-bond acceptors (Lipinski definition) is 4. The zero-order valence-corrected chi connectivity index (χ0v) is 14.3. The Morgan fingerprint density at radius 3 is 3.13 bits per heavy atom. The van der Waals surface area contributed by atoms with Crippen molar-refractivity contribution in [1.29, 1.82) is 0 Å². The lowest BCUT2D eigenvalue weighted by Gasteiger charge is -2.17. The van der Waals surface area contributed by atoms with E-state index in [0.717, 1.165) is 31.5 Å². The summed E-state index contributed by atoms with van der Waals surface area (Å²) in [4.78, 5) is 17.7. The highest BCUT2D eigenvalue weighted by Crippen LogP contribution is 2.20. The average Bonchev–Trinajstić information content (AvgIpc) is 3.10. The maximum Gasteiger partial charge on any atom is 0.266 e. The molecule has 1 aliphatic rings. The zero-order valence-electron chi connectivity index (χ0n) is 13.5. The van der Waals surface area contributed by atoms with Gasteiger partial charge in [0.05, 0.1) is 11.6 Å². The van der Waals surface area contributed by atoms with Gasteiger partial charge in [0.2, 0.25) is 0 Å². The van der Waals surface area contributed by atoms with Crippen molar-refractivity contribution >= 4 is 29.2 Å². The van der Waals surface area contributed by atoms with Gasteiger partial charge in [-0.1, -0.05) is 13.8 Å². The Bertz CT molecular complexity index is 750. The molecule has 1 saturated heterocycles. The number of aromatic nitrogens is 1. The first-order chi connectivity index (χ1) is 11.0. The van der Waals surface area contributed by atoms with Crippen LogP contribution in [0.3, 0.4) is 0 Å². The lowest BCUT2D eigenvalue weighted by molar-refractivity contribution is 0.0484. The van der Waals surface area contributed by atoms with Gasteiger partial charge in [-0.3, -0.25) is 4.79 Å². The lowest BCUT2D eigenvalue weighted by Crippen LogP contribution is -2.30. The largest absolute Gasteiger partial charge is 0.429 e. The molecule has 1 aliphatic heterocycles. The van der Waals surface area contributed by atoms with Crippen molar-refractivity contribution in [3.8, 4) is 0 Å². The summed E-state index contributed by atoms with van der Waals surface area (Å²) in [6.07, 6.45) is 2.11. The van der Waals surface area contributed by atoms with Gasteiger partial charge in [-0.15, -0.1) is 0 Å². The van der Waals surface area contributed by atoms with Crippen LogP contribution < -0.4 is 0 Å². The zero-order chi connectivity index (χ0) is 16.4. The minimum atomic E-state index is 0.0178. The highest BCUT2D eigenvalue weighted by Gasteiger charge is 2.27. The van der Waals surface area contributed by atoms with Crippen molar-refractivity contribution in [2.24, 2.45) is 5.92 Å². The number of benzene rings is 1. The Kier molecular flexibility index (Phi) is 4.82. The predicted molar refractivity (Wildman–Crippen MR) is 91.1 cm³/mol. The number of hydrogen-bond donors (Lipinski definition) is 1. The summed E-state index contributed by atoms with van der Waals surface area (Å²) in [5, 5.41) is 0. The number of oxazole rings is 1. The second-order valence-corrected chi connectivity index (χ2v) is 6.81. The van der Waals surface area contributed by atoms with Gasteiger partial charge in [0.15, 0.2) is 5.58 Å². The van der Waals surface area contributed by atoms with Crippen LogP contribution in [0.4, 0.5) is 0 Å². The number of fused-ring (bicyclic) bond motifs is 1. The van der Waals surface area contributed by atoms with E-state index < -0.39 is 0 Å². The van der Waals surface area contributed by atoms with Crippen molar-refractivity contribution in [3.05, 3.63) is 28.6 Å². The van der Waals surface area contributed by atoms with Crippen LogP contribution in [0.1, 0.15) is 37.0 Å². The molecule has 0 radical (unpaired) electrons. The van der Waals surface area contributed by atoms with Gasteiger partial charge in [0.1, 0.15) is 0 Å². The molecular weight excluding hydrogens is 312 g/mol. The van der Waals surface area contributed by atoms with Gasteiger partial charge in [-0.05, 0) is 49.2 Å². The molecule has 1 aromatic heterocycles. The molecule has 3 rings (SSSR count). The van der Waals surface area contributed by atoms with Gasteiger partial charge in [-0.2, -0.15) is 0 Å². The van der Waals surface area contributed by atoms with E-state index in [4.69, 9.17) is 21.4 Å². The number of aromatic amines is 1. The van der Waals surface area contributed by atoms with Gasteiger partial charge in [0, 0.05) is 25.3 Å². The van der Waals surface area contributed by atoms with E-state index in [-0.39, 0.29) is 12.0 Å². The number of carbonyl (C=O) groups is 1. The Balaban J connectivity index is 1.62. The van der Waals surface area contributed by atoms with Crippen LogP contribution in [-0.2, 0) is 4.74 Å². The van der Waals surface area contributed by atoms with Crippen molar-refractivity contribution in [2.75, 3.05) is 19.7 Å². The molecule has 124 valence electrons. The molecular formula is C17H22N2O3S. The SMILES string of the molecule is CC(C)CCOC1CCN(C(=O)c2ccc3[nH]c(=S)oc3c2)C1. The monoisotopic (exact) mass is 334 g/mol. The molecule has 1 atom stereocenters. The van der Waals surface area contributed by atoms with E-state index in [0.29, 0.717) is 28.4 Å². The molecule has 0 bridgehead atoms. The minimum Gasteiger partial charge on any atom is -0.429 e. The Morgan fingerprint density at radius 2 is 2.35 bits per heavy atom. The number of nitrogens with zero attached hydrogens (tertiary/aromatic N) is 1. The van der Waals surface area contributed by atoms with Crippen molar-refractivity contribution < 1.29 is 13.9 Å². The van der Waals surface area contributed by atoms with E-state index in [1.165, 1.54) is 0 Å². The first-order valence-corrected chi connectivity index (χ1v) is 8.47. The fourth-order valence-corrected chi connectivity index (χ4v) is 2.98. The standard InChI is InChI=1S/C17H22N2O3S/c1-11(2)6-8-21-13-5-7-19(10-13)16(20)12-3-4-14-15(9-12)22-17(23)18-14/h3-4,9,11,13H,5-8,10H2,1-2H3,(H,18,23). The number of H-pyrrole nitrogens is 1. The van der Waals surface area contributed by atoms with Crippen molar-refractivity contribution in [3.63, 3.8) is 0 Å². The van der Waals surface area contributed by atoms with Crippen LogP contribution in [0, 0.1) is 10.8 Å². The third-order valence-corrected chi connectivity index (χ3v) is 4.33. The maximum atomic E-state index is 12.6. The summed E-state index contributed by atoms with van der Waals surface area (Å²) < 4.78 is 11.3. The second-order valence-electron chi connectivity index (χ2n) is 6.44. The molecule has 1 amide bonds. The fourth-order valence-electron chi connectivity index (χ4n) is 2.78. The van der Waals surface area contributed by atoms with Crippen molar-refractivity contribution in [1.82, 2.24) is 9.88 Å². The third kappa shape index (κ3) is 3.82. The molecule has 1 N–H and O–H groups in total. The van der Waals surface area contributed by atoms with Gasteiger partial charge < -0.3 is 19.0 Å². The van der Waals surface area contributed by atoms with E-state index in [2.05, 4.69) is 18.8 Å². The van der Waals surface area contributed by atoms with Crippen LogP contribution in [-0.4, -0.2) is 41.6 Å². The number of amides is 1. The first-order valence-electron chi connectivity index (χ1n) is 8.06. The summed E-state index contributed by atoms with van der Waals surface area (Å²) in [6, 6.07) is 5.38. The highest BCUT2D eigenvalue weighted by atomic mass is 32.1. The molecule has 2 aromatic rings. The van der Waals surface area contributed by atoms with E-state index in [9.17, 15) is 4.79 Å². The maximum absolute atomic E-state index is 12.6. The molecule has 5 nitrogen and oxygen atoms in total. The lowest BCUT2D eigenvalue weighted by atomic mass is 10.1. The summed E-state index contributed by atoms with van der Waals surface area (Å²) in [5.41, 5.74) is 2.05. The van der Waals surface area contributed by atoms with Crippen LogP contribution in [0.2, 0.25) is 0 Å². The van der Waals surface area contributed by atoms with E-state index in [1.54, 1.807) is 12.1 Å². The van der Waals surface area contributed by atoms with E-state index in [1.807, 2.05) is 11.0 Å². The van der Waals surface area contributed by atoms with Gasteiger partial charge >= 0.3 is 0 Å². The second kappa shape index (κ2) is 6.84. The molecule has 2 heterocycles. The minimum absolute atomic E-state index is 0.0178. The molecule has 0 spiro atoms. The molecule has 1 aromatic carbocycles. The quantitative estimate of drug-likeness (QED) is 0.846. The molecule has 0 aliphatic carbocycles. The molecule has 1 fully saturated rings. The topological polar surface area (TPSA) is 58.5 Å². The first kappa shape index (κ1) is 16.2. The van der Waals surface area contributed by atoms with Crippen LogP contribution in [0.5, 0.6) is 0 Å². The number of nitrogens with one attached hydrogen (secondary N) is 1. The highest BCUT2D eigenvalue weighted by molar-refractivity contribution is 7.71. The van der Waals surface area contributed by atoms with Gasteiger partial charge in [0.25, 0.3) is 10.7 Å². The summed E-state index contributed by atoms with van der Waals surface area (Å²) in [5.74, 6) is 0.657. The smallest absolute Gasteiger partial charge is 0.266 e. The molecule has 6 heteroatoms. The van der Waals surface area contributed by atoms with Crippen molar-refractivity contribution in [2.45, 2.75) is 32.8 Å². The number of likely N-dealkylation sites (tertiary alicyclic amines) is 1. The molecule has 0 saturated carbocycles. The number of ether oxygens (including phenoxy) is 1. The predicted octanol–water partition coefficient (Wildman–Crippen LogP) is 3.77. The average molecular weight is 334 g/mol. The van der Waals surface area contributed by atoms with E-state index >= 15 is 0 Å².